The highest BCUT2D eigenvalue weighted by Gasteiger charge is 2.23. The van der Waals surface area contributed by atoms with Crippen LogP contribution >= 0.6 is 11.8 Å². The van der Waals surface area contributed by atoms with E-state index in [1.165, 1.54) is 28.5 Å². The van der Waals surface area contributed by atoms with Crippen LogP contribution in [0.25, 0.3) is 0 Å². The average molecular weight is 453 g/mol. The van der Waals surface area contributed by atoms with Crippen molar-refractivity contribution in [2.45, 2.75) is 91.6 Å². The molecule has 6 heteroatoms. The molecule has 0 aromatic heterocycles. The zero-order chi connectivity index (χ0) is 23.6. The second-order valence-corrected chi connectivity index (χ2v) is 9.46. The number of aliphatic carboxylic acids is 1. The summed E-state index contributed by atoms with van der Waals surface area (Å²) >= 11 is 1.54. The number of carboxylic acids is 1. The van der Waals surface area contributed by atoms with Crippen molar-refractivity contribution in [3.05, 3.63) is 34.9 Å². The number of carbonyl (C=O) groups is 2. The Morgan fingerprint density at radius 2 is 1.58 bits per heavy atom. The smallest absolute Gasteiger partial charge is 0.327 e. The third-order valence-electron chi connectivity index (χ3n) is 5.08. The number of carbonyl (C=O) groups excluding carboxylic acids is 1. The monoisotopic (exact) mass is 452 g/mol. The summed E-state index contributed by atoms with van der Waals surface area (Å²) in [4.78, 5) is 23.9. The van der Waals surface area contributed by atoms with E-state index < -0.39 is 12.0 Å². The van der Waals surface area contributed by atoms with Gasteiger partial charge in [0.05, 0.1) is 6.04 Å². The Morgan fingerprint density at radius 1 is 0.968 bits per heavy atom. The molecule has 178 valence electrons. The molecular weight excluding hydrogens is 408 g/mol. The number of unbranched alkanes of at least 4 members (excludes halogenated alkanes) is 1. The summed E-state index contributed by atoms with van der Waals surface area (Å²) in [5, 5.41) is 15.1. The van der Waals surface area contributed by atoms with Crippen molar-refractivity contribution in [3.8, 4) is 0 Å². The second-order valence-electron chi connectivity index (χ2n) is 8.38. The standard InChI is InChI=1S/C25H44N2O3S/c1-7-8-15-22(26-6)24(28)27-23(25(29)30)18-31-17-16-21(5)14-10-13-20(4)12-9-11-19(2)3/h11,13,16,22-23,26H,7-10,12,14-15,17-18H2,1-6H3,(H,27,28)(H,29,30)/b20-13+,21-16+. The van der Waals surface area contributed by atoms with Crippen LogP contribution in [0.1, 0.15) is 79.6 Å². The number of hydrogen-bond acceptors (Lipinski definition) is 4. The number of rotatable bonds is 17. The molecule has 0 rings (SSSR count). The number of thioether (sulfide) groups is 1. The second kappa shape index (κ2) is 18.1. The van der Waals surface area contributed by atoms with E-state index >= 15 is 0 Å². The Hall–Kier alpha value is -1.53. The molecule has 0 fully saturated rings. The predicted octanol–water partition coefficient (Wildman–Crippen LogP) is 5.49. The van der Waals surface area contributed by atoms with Crippen LogP contribution in [-0.2, 0) is 9.59 Å². The first kappa shape index (κ1) is 29.5. The summed E-state index contributed by atoms with van der Waals surface area (Å²) in [6, 6.07) is -1.21. The van der Waals surface area contributed by atoms with Crippen LogP contribution in [0.3, 0.4) is 0 Å². The molecule has 0 radical (unpaired) electrons. The maximum atomic E-state index is 12.3. The third kappa shape index (κ3) is 15.9. The molecule has 0 aliphatic heterocycles. The van der Waals surface area contributed by atoms with Crippen molar-refractivity contribution in [2.75, 3.05) is 18.6 Å². The maximum Gasteiger partial charge on any atom is 0.327 e. The largest absolute Gasteiger partial charge is 0.480 e. The van der Waals surface area contributed by atoms with E-state index in [9.17, 15) is 14.7 Å². The SMILES string of the molecule is CCCCC(NC)C(=O)NC(CSC/C=C(\C)CC/C=C(\C)CCC=C(C)C)C(=O)O. The Labute approximate surface area is 194 Å². The Morgan fingerprint density at radius 3 is 2.13 bits per heavy atom. The average Bonchev–Trinajstić information content (AvgIpc) is 2.70. The predicted molar refractivity (Wildman–Crippen MR) is 135 cm³/mol. The maximum absolute atomic E-state index is 12.3. The molecule has 0 saturated carbocycles. The van der Waals surface area contributed by atoms with Crippen molar-refractivity contribution in [2.24, 2.45) is 0 Å². The van der Waals surface area contributed by atoms with Gasteiger partial charge >= 0.3 is 5.97 Å². The molecule has 0 spiro atoms. The summed E-state index contributed by atoms with van der Waals surface area (Å²) in [6.07, 6.45) is 13.7. The Balaban J connectivity index is 4.36. The van der Waals surface area contributed by atoms with Gasteiger partial charge in [-0.25, -0.2) is 4.79 Å². The highest BCUT2D eigenvalue weighted by Crippen LogP contribution is 2.13. The zero-order valence-electron chi connectivity index (χ0n) is 20.4. The fourth-order valence-electron chi connectivity index (χ4n) is 2.99. The fraction of sp³-hybridized carbons (Fsp3) is 0.680. The van der Waals surface area contributed by atoms with Crippen molar-refractivity contribution in [1.82, 2.24) is 10.6 Å². The molecular formula is C25H44N2O3S. The van der Waals surface area contributed by atoms with E-state index in [-0.39, 0.29) is 11.9 Å². The number of hydrogen-bond donors (Lipinski definition) is 3. The van der Waals surface area contributed by atoms with Crippen molar-refractivity contribution < 1.29 is 14.7 Å². The van der Waals surface area contributed by atoms with E-state index in [4.69, 9.17) is 0 Å². The molecule has 3 N–H and O–H groups in total. The van der Waals surface area contributed by atoms with Crippen molar-refractivity contribution in [1.29, 1.82) is 0 Å². The van der Waals surface area contributed by atoms with Crippen molar-refractivity contribution >= 4 is 23.6 Å². The molecule has 0 aromatic rings. The van der Waals surface area contributed by atoms with Crippen LogP contribution in [-0.4, -0.2) is 47.6 Å². The minimum atomic E-state index is -0.986. The first-order chi connectivity index (χ1) is 14.7. The van der Waals surface area contributed by atoms with E-state index in [2.05, 4.69) is 63.5 Å². The number of likely N-dealkylation sites (N-methyl/N-ethyl adjacent to an activating group) is 1. The number of nitrogens with one attached hydrogen (secondary N) is 2. The lowest BCUT2D eigenvalue weighted by molar-refractivity contribution is -0.141. The van der Waals surface area contributed by atoms with Gasteiger partial charge in [-0.1, -0.05) is 54.7 Å². The quantitative estimate of drug-likeness (QED) is 0.201. The number of allylic oxidation sites excluding steroid dienone is 5. The van der Waals surface area contributed by atoms with E-state index in [0.717, 1.165) is 44.3 Å². The summed E-state index contributed by atoms with van der Waals surface area (Å²) in [5.41, 5.74) is 4.11. The molecule has 2 atom stereocenters. The van der Waals surface area contributed by atoms with Crippen LogP contribution in [0.5, 0.6) is 0 Å². The molecule has 0 bridgehead atoms. The summed E-state index contributed by atoms with van der Waals surface area (Å²) in [5.74, 6) is -0.110. The highest BCUT2D eigenvalue weighted by molar-refractivity contribution is 7.99. The lowest BCUT2D eigenvalue weighted by Gasteiger charge is -2.19. The van der Waals surface area contributed by atoms with Crippen LogP contribution in [0.2, 0.25) is 0 Å². The minimum Gasteiger partial charge on any atom is -0.480 e. The highest BCUT2D eigenvalue weighted by atomic mass is 32.2. The zero-order valence-corrected chi connectivity index (χ0v) is 21.2. The molecule has 1 amide bonds. The topological polar surface area (TPSA) is 78.4 Å². The first-order valence-electron chi connectivity index (χ1n) is 11.4. The molecule has 5 nitrogen and oxygen atoms in total. The minimum absolute atomic E-state index is 0.234. The summed E-state index contributed by atoms with van der Waals surface area (Å²) in [7, 11) is 1.73. The molecule has 0 aliphatic carbocycles. The Kier molecular flexibility index (Phi) is 17.2. The molecule has 0 heterocycles. The molecule has 0 aromatic carbocycles. The lowest BCUT2D eigenvalue weighted by atomic mass is 10.1. The van der Waals surface area contributed by atoms with Crippen LogP contribution < -0.4 is 10.6 Å². The van der Waals surface area contributed by atoms with Crippen LogP contribution in [0, 0.1) is 0 Å². The normalized spacial score (nSPS) is 14.1. The third-order valence-corrected chi connectivity index (χ3v) is 6.05. The fourth-order valence-corrected chi connectivity index (χ4v) is 3.99. The molecule has 31 heavy (non-hydrogen) atoms. The van der Waals surface area contributed by atoms with Gasteiger partial charge in [0.1, 0.15) is 6.04 Å². The first-order valence-corrected chi connectivity index (χ1v) is 12.6. The van der Waals surface area contributed by atoms with Crippen molar-refractivity contribution in [3.63, 3.8) is 0 Å². The van der Waals surface area contributed by atoms with Gasteiger partial charge in [-0.2, -0.15) is 11.8 Å². The van der Waals surface area contributed by atoms with Gasteiger partial charge < -0.3 is 15.7 Å². The van der Waals surface area contributed by atoms with E-state index in [0.29, 0.717) is 12.2 Å². The number of amides is 1. The lowest BCUT2D eigenvalue weighted by Crippen LogP contribution is -2.50. The van der Waals surface area contributed by atoms with Gasteiger partial charge in [0, 0.05) is 11.5 Å². The molecule has 2 unspecified atom stereocenters. The molecule has 0 saturated heterocycles. The van der Waals surface area contributed by atoms with E-state index in [1.807, 2.05) is 0 Å². The van der Waals surface area contributed by atoms with Crippen LogP contribution in [0.4, 0.5) is 0 Å². The van der Waals surface area contributed by atoms with Gasteiger partial charge in [-0.05, 0) is 66.8 Å². The van der Waals surface area contributed by atoms with Gasteiger partial charge in [-0.15, -0.1) is 0 Å². The number of carboxylic acid groups (broad SMARTS) is 1. The Bertz CT molecular complexity index is 622. The van der Waals surface area contributed by atoms with Gasteiger partial charge in [0.25, 0.3) is 0 Å². The van der Waals surface area contributed by atoms with Gasteiger partial charge in [0.2, 0.25) is 5.91 Å². The van der Waals surface area contributed by atoms with Crippen LogP contribution in [0.15, 0.2) is 34.9 Å². The van der Waals surface area contributed by atoms with Gasteiger partial charge in [0.15, 0.2) is 0 Å². The summed E-state index contributed by atoms with van der Waals surface area (Å²) in [6.45, 7) is 10.6. The summed E-state index contributed by atoms with van der Waals surface area (Å²) < 4.78 is 0. The molecule has 0 aliphatic rings. The van der Waals surface area contributed by atoms with E-state index in [1.54, 1.807) is 7.05 Å². The van der Waals surface area contributed by atoms with Gasteiger partial charge in [-0.3, -0.25) is 4.79 Å².